The van der Waals surface area contributed by atoms with Gasteiger partial charge in [-0.05, 0) is 6.07 Å². The lowest BCUT2D eigenvalue weighted by Gasteiger charge is -2.34. The molecule has 0 unspecified atom stereocenters. The molecule has 4 atom stereocenters. The topological polar surface area (TPSA) is 90.4 Å². The Kier molecular flexibility index (Phi) is 3.36. The van der Waals surface area contributed by atoms with Crippen molar-refractivity contribution in [2.24, 2.45) is 0 Å². The van der Waals surface area contributed by atoms with Crippen LogP contribution in [0.25, 0.3) is 0 Å². The maximum atomic E-state index is 13.8. The molecule has 0 amide bonds. The second-order valence-corrected chi connectivity index (χ2v) is 4.43. The number of thiol groups is 1. The zero-order valence-electron chi connectivity index (χ0n) is 8.73. The predicted octanol–water partition coefficient (Wildman–Crippen LogP) is -0.648. The minimum Gasteiger partial charge on any atom is -0.389 e. The highest BCUT2D eigenvalue weighted by Gasteiger charge is 2.39. The van der Waals surface area contributed by atoms with Gasteiger partial charge in [0.05, 0.1) is 11.9 Å². The lowest BCUT2D eigenvalue weighted by molar-refractivity contribution is -0.134. The fourth-order valence-electron chi connectivity index (χ4n) is 1.62. The van der Waals surface area contributed by atoms with Gasteiger partial charge in [-0.1, -0.05) is 0 Å². The number of halogens is 1. The number of aromatic nitrogens is 2. The summed E-state index contributed by atoms with van der Waals surface area (Å²) < 4.78 is 19.9. The molecular formula is C9H12FN3O3S. The average Bonchev–Trinajstić information content (AvgIpc) is 2.28. The van der Waals surface area contributed by atoms with E-state index in [-0.39, 0.29) is 12.4 Å². The molecule has 3 N–H and O–H groups in total. The van der Waals surface area contributed by atoms with E-state index < -0.39 is 29.4 Å². The van der Waals surface area contributed by atoms with Gasteiger partial charge < -0.3 is 15.6 Å². The number of hydrogen-bond acceptors (Lipinski definition) is 6. The van der Waals surface area contributed by atoms with Crippen molar-refractivity contribution in [3.63, 3.8) is 0 Å². The van der Waals surface area contributed by atoms with Gasteiger partial charge in [0.1, 0.15) is 11.9 Å². The molecule has 0 bridgehead atoms. The van der Waals surface area contributed by atoms with Crippen molar-refractivity contribution < 1.29 is 14.2 Å². The molecule has 2 rings (SSSR count). The van der Waals surface area contributed by atoms with Gasteiger partial charge in [-0.3, -0.25) is 4.57 Å². The number of aliphatic hydroxyl groups is 1. The molecule has 17 heavy (non-hydrogen) atoms. The Morgan fingerprint density at radius 3 is 3.06 bits per heavy atom. The number of nitrogen functional groups attached to an aromatic ring is 1. The predicted molar refractivity (Wildman–Crippen MR) is 61.6 cm³/mol. The molecule has 94 valence electrons. The van der Waals surface area contributed by atoms with Gasteiger partial charge in [0.15, 0.2) is 12.4 Å². The van der Waals surface area contributed by atoms with E-state index in [0.717, 1.165) is 4.57 Å². The summed E-state index contributed by atoms with van der Waals surface area (Å²) in [5, 5.41) is 8.92. The van der Waals surface area contributed by atoms with Crippen LogP contribution in [0.3, 0.4) is 0 Å². The summed E-state index contributed by atoms with van der Waals surface area (Å²) in [4.78, 5) is 15.0. The summed E-state index contributed by atoms with van der Waals surface area (Å²) in [6.45, 7) is 0.0478. The maximum Gasteiger partial charge on any atom is 0.351 e. The third-order valence-electron chi connectivity index (χ3n) is 2.56. The molecule has 0 saturated carbocycles. The van der Waals surface area contributed by atoms with E-state index in [1.54, 1.807) is 0 Å². The number of anilines is 1. The molecular weight excluding hydrogens is 249 g/mol. The first-order valence-corrected chi connectivity index (χ1v) is 5.49. The van der Waals surface area contributed by atoms with Crippen molar-refractivity contribution in [1.29, 1.82) is 0 Å². The van der Waals surface area contributed by atoms with Gasteiger partial charge in [0.25, 0.3) is 0 Å². The SMILES string of the molecule is Nc1ccn([C@@H]2OC[C@@H](S)[C@@H](O)[C@@H]2F)c(=O)n1. The van der Waals surface area contributed by atoms with E-state index >= 15 is 0 Å². The fourth-order valence-corrected chi connectivity index (χ4v) is 1.87. The first kappa shape index (κ1) is 12.3. The number of alkyl halides is 1. The van der Waals surface area contributed by atoms with Crippen LogP contribution in [0.2, 0.25) is 0 Å². The second-order valence-electron chi connectivity index (χ2n) is 3.77. The van der Waals surface area contributed by atoms with Crippen LogP contribution < -0.4 is 11.4 Å². The molecule has 1 aliphatic heterocycles. The van der Waals surface area contributed by atoms with E-state index in [1.807, 2.05) is 0 Å². The Hall–Kier alpha value is -1.12. The average molecular weight is 261 g/mol. The molecule has 8 heteroatoms. The smallest absolute Gasteiger partial charge is 0.351 e. The van der Waals surface area contributed by atoms with Crippen LogP contribution >= 0.6 is 12.6 Å². The van der Waals surface area contributed by atoms with Gasteiger partial charge in [-0.15, -0.1) is 0 Å². The van der Waals surface area contributed by atoms with E-state index in [1.165, 1.54) is 12.3 Å². The summed E-state index contributed by atoms with van der Waals surface area (Å²) in [6, 6.07) is 1.36. The van der Waals surface area contributed by atoms with Gasteiger partial charge >= 0.3 is 5.69 Å². The Labute approximate surface area is 102 Å². The van der Waals surface area contributed by atoms with Crippen LogP contribution in [0.1, 0.15) is 6.23 Å². The quantitative estimate of drug-likeness (QED) is 0.585. The van der Waals surface area contributed by atoms with Crippen molar-refractivity contribution in [2.45, 2.75) is 23.8 Å². The second kappa shape index (κ2) is 4.63. The molecule has 0 aromatic carbocycles. The van der Waals surface area contributed by atoms with E-state index in [9.17, 15) is 14.3 Å². The highest BCUT2D eigenvalue weighted by atomic mass is 32.1. The fraction of sp³-hybridized carbons (Fsp3) is 0.556. The van der Waals surface area contributed by atoms with Gasteiger partial charge in [-0.2, -0.15) is 17.6 Å². The lowest BCUT2D eigenvalue weighted by atomic mass is 10.1. The van der Waals surface area contributed by atoms with Crippen LogP contribution in [0, 0.1) is 0 Å². The number of rotatable bonds is 1. The Balaban J connectivity index is 2.31. The first-order valence-electron chi connectivity index (χ1n) is 4.97. The van der Waals surface area contributed by atoms with Crippen molar-refractivity contribution in [3.8, 4) is 0 Å². The maximum absolute atomic E-state index is 13.8. The van der Waals surface area contributed by atoms with Crippen LogP contribution in [-0.2, 0) is 4.74 Å². The van der Waals surface area contributed by atoms with E-state index in [0.29, 0.717) is 0 Å². The molecule has 1 saturated heterocycles. The number of nitrogens with two attached hydrogens (primary N) is 1. The zero-order valence-corrected chi connectivity index (χ0v) is 9.63. The third kappa shape index (κ3) is 2.28. The van der Waals surface area contributed by atoms with Gasteiger partial charge in [0.2, 0.25) is 0 Å². The van der Waals surface area contributed by atoms with E-state index in [2.05, 4.69) is 17.6 Å². The van der Waals surface area contributed by atoms with Crippen LogP contribution in [0.4, 0.5) is 10.2 Å². The minimum atomic E-state index is -1.74. The standard InChI is InChI=1S/C9H12FN3O3S/c10-6-7(14)4(17)3-16-8(6)13-2-1-5(11)12-9(13)15/h1-2,4,6-8,14,17H,3H2,(H2,11,12,15)/t4-,6+,7-,8-/m1/s1. The highest BCUT2D eigenvalue weighted by Crippen LogP contribution is 2.27. The minimum absolute atomic E-state index is 0.0464. The van der Waals surface area contributed by atoms with Crippen LogP contribution in [0.15, 0.2) is 17.1 Å². The number of ether oxygens (including phenoxy) is 1. The van der Waals surface area contributed by atoms with Crippen LogP contribution in [-0.4, -0.2) is 38.8 Å². The Morgan fingerprint density at radius 2 is 2.41 bits per heavy atom. The molecule has 1 aliphatic rings. The number of hydrogen-bond donors (Lipinski definition) is 3. The summed E-state index contributed by atoms with van der Waals surface area (Å²) in [6.07, 6.45) is -2.95. The summed E-state index contributed by atoms with van der Waals surface area (Å²) in [5.41, 5.74) is 4.60. The molecule has 0 aliphatic carbocycles. The van der Waals surface area contributed by atoms with Crippen molar-refractivity contribution in [1.82, 2.24) is 9.55 Å². The van der Waals surface area contributed by atoms with Gasteiger partial charge in [-0.25, -0.2) is 9.18 Å². The molecule has 2 heterocycles. The molecule has 1 aromatic rings. The van der Waals surface area contributed by atoms with Crippen molar-refractivity contribution in [3.05, 3.63) is 22.7 Å². The largest absolute Gasteiger partial charge is 0.389 e. The number of aliphatic hydroxyl groups excluding tert-OH is 1. The third-order valence-corrected chi connectivity index (χ3v) is 3.01. The van der Waals surface area contributed by atoms with Gasteiger partial charge in [0, 0.05) is 6.20 Å². The highest BCUT2D eigenvalue weighted by molar-refractivity contribution is 7.81. The summed E-state index contributed by atoms with van der Waals surface area (Å²) in [7, 11) is 0. The van der Waals surface area contributed by atoms with E-state index in [4.69, 9.17) is 10.5 Å². The molecule has 1 aromatic heterocycles. The Bertz CT molecular complexity index is 469. The zero-order chi connectivity index (χ0) is 12.6. The number of nitrogens with zero attached hydrogens (tertiary/aromatic N) is 2. The molecule has 0 spiro atoms. The van der Waals surface area contributed by atoms with Crippen LogP contribution in [0.5, 0.6) is 0 Å². The molecule has 0 radical (unpaired) electrons. The monoisotopic (exact) mass is 261 g/mol. The summed E-state index contributed by atoms with van der Waals surface area (Å²) >= 11 is 3.97. The Morgan fingerprint density at radius 1 is 1.71 bits per heavy atom. The lowest BCUT2D eigenvalue weighted by Crippen LogP contribution is -2.48. The summed E-state index contributed by atoms with van der Waals surface area (Å²) in [5.74, 6) is 0.0464. The molecule has 6 nitrogen and oxygen atoms in total. The van der Waals surface area contributed by atoms with Crippen molar-refractivity contribution in [2.75, 3.05) is 12.3 Å². The van der Waals surface area contributed by atoms with Crippen molar-refractivity contribution >= 4 is 18.4 Å². The molecule has 1 fully saturated rings. The first-order chi connectivity index (χ1) is 8.00. The normalized spacial score (nSPS) is 33.6.